The van der Waals surface area contributed by atoms with E-state index in [0.717, 1.165) is 12.1 Å². The topological polar surface area (TPSA) is 43.8 Å². The normalized spacial score (nSPS) is 10.7. The number of hydrogen-bond acceptors (Lipinski definition) is 2. The Morgan fingerprint density at radius 1 is 1.19 bits per heavy atom. The largest absolute Gasteiger partial charge is 0.330 e. The molecule has 0 saturated heterocycles. The molecular formula is C13H17N3. The van der Waals surface area contributed by atoms with E-state index in [0.29, 0.717) is 6.54 Å². The maximum absolute atomic E-state index is 5.56. The lowest BCUT2D eigenvalue weighted by molar-refractivity contribution is 0.841. The van der Waals surface area contributed by atoms with E-state index in [-0.39, 0.29) is 0 Å². The lowest BCUT2D eigenvalue weighted by atomic mass is 10.2. The fourth-order valence-electron chi connectivity index (χ4n) is 1.79. The number of rotatable bonds is 3. The number of benzene rings is 1. The van der Waals surface area contributed by atoms with E-state index in [1.165, 1.54) is 16.8 Å². The van der Waals surface area contributed by atoms with Gasteiger partial charge < -0.3 is 5.73 Å². The van der Waals surface area contributed by atoms with E-state index in [1.807, 2.05) is 10.9 Å². The second-order valence-electron chi connectivity index (χ2n) is 4.04. The van der Waals surface area contributed by atoms with E-state index in [2.05, 4.69) is 43.2 Å². The third-order valence-corrected chi connectivity index (χ3v) is 2.80. The highest BCUT2D eigenvalue weighted by Crippen LogP contribution is 2.14. The fraction of sp³-hybridized carbons (Fsp3) is 0.308. The Balaban J connectivity index is 2.37. The van der Waals surface area contributed by atoms with Gasteiger partial charge in [-0.05, 0) is 44.5 Å². The minimum atomic E-state index is 0.667. The summed E-state index contributed by atoms with van der Waals surface area (Å²) in [5, 5.41) is 4.40. The number of aryl methyl sites for hydroxylation is 1. The first-order valence-electron chi connectivity index (χ1n) is 5.53. The molecule has 0 fully saturated rings. The zero-order valence-electron chi connectivity index (χ0n) is 9.77. The average Bonchev–Trinajstić information content (AvgIpc) is 2.63. The first-order valence-corrected chi connectivity index (χ1v) is 5.53. The lowest BCUT2D eigenvalue weighted by Crippen LogP contribution is -2.04. The number of hydrogen-bond donors (Lipinski definition) is 1. The molecule has 1 heterocycles. The highest BCUT2D eigenvalue weighted by molar-refractivity contribution is 5.36. The van der Waals surface area contributed by atoms with Crippen molar-refractivity contribution in [1.82, 2.24) is 9.78 Å². The van der Waals surface area contributed by atoms with Crippen molar-refractivity contribution in [2.75, 3.05) is 6.54 Å². The summed E-state index contributed by atoms with van der Waals surface area (Å²) in [6, 6.07) is 8.36. The molecule has 0 aliphatic carbocycles. The molecule has 0 aliphatic rings. The first kappa shape index (κ1) is 10.9. The maximum Gasteiger partial charge on any atom is 0.0648 e. The molecule has 2 N–H and O–H groups in total. The quantitative estimate of drug-likeness (QED) is 0.851. The molecule has 0 spiro atoms. The van der Waals surface area contributed by atoms with Crippen LogP contribution in [0.2, 0.25) is 0 Å². The number of nitrogens with zero attached hydrogens (tertiary/aromatic N) is 2. The highest BCUT2D eigenvalue weighted by Gasteiger charge is 2.06. The summed E-state index contributed by atoms with van der Waals surface area (Å²) >= 11 is 0. The van der Waals surface area contributed by atoms with Gasteiger partial charge in [-0.3, -0.25) is 0 Å². The molecule has 1 aromatic heterocycles. The smallest absolute Gasteiger partial charge is 0.0648 e. The molecule has 0 bridgehead atoms. The van der Waals surface area contributed by atoms with Crippen molar-refractivity contribution in [1.29, 1.82) is 0 Å². The molecule has 1 aromatic carbocycles. The average molecular weight is 215 g/mol. The fourth-order valence-corrected chi connectivity index (χ4v) is 1.79. The summed E-state index contributed by atoms with van der Waals surface area (Å²) in [4.78, 5) is 0. The summed E-state index contributed by atoms with van der Waals surface area (Å²) < 4.78 is 1.96. The van der Waals surface area contributed by atoms with Gasteiger partial charge in [0.25, 0.3) is 0 Å². The zero-order chi connectivity index (χ0) is 11.5. The predicted molar refractivity (Wildman–Crippen MR) is 65.8 cm³/mol. The molecule has 2 aromatic rings. The van der Waals surface area contributed by atoms with E-state index in [1.54, 1.807) is 0 Å². The maximum atomic E-state index is 5.56. The van der Waals surface area contributed by atoms with Gasteiger partial charge in [0.05, 0.1) is 11.9 Å². The van der Waals surface area contributed by atoms with E-state index in [4.69, 9.17) is 5.73 Å². The second kappa shape index (κ2) is 4.49. The predicted octanol–water partition coefficient (Wildman–Crippen LogP) is 1.99. The SMILES string of the molecule is Cc1ccc(-n2ncc(CCN)c2C)cc1. The molecule has 0 saturated carbocycles. The van der Waals surface area contributed by atoms with Crippen molar-refractivity contribution in [2.24, 2.45) is 5.73 Å². The molecule has 0 unspecified atom stereocenters. The van der Waals surface area contributed by atoms with Crippen molar-refractivity contribution in [3.63, 3.8) is 0 Å². The van der Waals surface area contributed by atoms with Crippen molar-refractivity contribution in [3.05, 3.63) is 47.3 Å². The molecule has 3 nitrogen and oxygen atoms in total. The van der Waals surface area contributed by atoms with Gasteiger partial charge in [-0.2, -0.15) is 5.10 Å². The van der Waals surface area contributed by atoms with Gasteiger partial charge >= 0.3 is 0 Å². The molecule has 2 rings (SSSR count). The molecular weight excluding hydrogens is 198 g/mol. The van der Waals surface area contributed by atoms with E-state index < -0.39 is 0 Å². The summed E-state index contributed by atoms with van der Waals surface area (Å²) in [5.74, 6) is 0. The van der Waals surface area contributed by atoms with Crippen LogP contribution in [0.1, 0.15) is 16.8 Å². The Hall–Kier alpha value is -1.61. The van der Waals surface area contributed by atoms with Gasteiger partial charge in [-0.15, -0.1) is 0 Å². The van der Waals surface area contributed by atoms with Crippen LogP contribution >= 0.6 is 0 Å². The standard InChI is InChI=1S/C13H17N3/c1-10-3-5-13(6-4-10)16-11(2)12(7-8-14)9-15-16/h3-6,9H,7-8,14H2,1-2H3. The molecule has 84 valence electrons. The summed E-state index contributed by atoms with van der Waals surface area (Å²) in [6.07, 6.45) is 2.79. The summed E-state index contributed by atoms with van der Waals surface area (Å²) in [5.41, 5.74) is 10.3. The molecule has 3 heteroatoms. The number of aromatic nitrogens is 2. The van der Waals surface area contributed by atoms with Crippen LogP contribution in [0.15, 0.2) is 30.5 Å². The van der Waals surface area contributed by atoms with Crippen LogP contribution in [-0.2, 0) is 6.42 Å². The third-order valence-electron chi connectivity index (χ3n) is 2.80. The van der Waals surface area contributed by atoms with Gasteiger partial charge in [0, 0.05) is 5.69 Å². The summed E-state index contributed by atoms with van der Waals surface area (Å²) in [7, 11) is 0. The lowest BCUT2D eigenvalue weighted by Gasteiger charge is -2.05. The van der Waals surface area contributed by atoms with Crippen molar-refractivity contribution in [2.45, 2.75) is 20.3 Å². The molecule has 16 heavy (non-hydrogen) atoms. The molecule has 0 atom stereocenters. The van der Waals surface area contributed by atoms with Crippen LogP contribution in [0.3, 0.4) is 0 Å². The van der Waals surface area contributed by atoms with Gasteiger partial charge in [-0.1, -0.05) is 17.7 Å². The van der Waals surface area contributed by atoms with E-state index in [9.17, 15) is 0 Å². The van der Waals surface area contributed by atoms with Crippen LogP contribution in [-0.4, -0.2) is 16.3 Å². The Labute approximate surface area is 95.9 Å². The minimum absolute atomic E-state index is 0.667. The molecule has 0 radical (unpaired) electrons. The van der Waals surface area contributed by atoms with Crippen molar-refractivity contribution < 1.29 is 0 Å². The molecule has 0 amide bonds. The Morgan fingerprint density at radius 2 is 1.88 bits per heavy atom. The third kappa shape index (κ3) is 1.99. The van der Waals surface area contributed by atoms with Gasteiger partial charge in [0.2, 0.25) is 0 Å². The highest BCUT2D eigenvalue weighted by atomic mass is 15.3. The van der Waals surface area contributed by atoms with Crippen LogP contribution in [0, 0.1) is 13.8 Å². The summed E-state index contributed by atoms with van der Waals surface area (Å²) in [6.45, 7) is 4.83. The van der Waals surface area contributed by atoms with Crippen LogP contribution < -0.4 is 5.73 Å². The molecule has 0 aliphatic heterocycles. The number of nitrogens with two attached hydrogens (primary N) is 1. The van der Waals surface area contributed by atoms with Crippen LogP contribution in [0.4, 0.5) is 0 Å². The van der Waals surface area contributed by atoms with Crippen molar-refractivity contribution in [3.8, 4) is 5.69 Å². The minimum Gasteiger partial charge on any atom is -0.330 e. The Kier molecular flexibility index (Phi) is 3.06. The van der Waals surface area contributed by atoms with Gasteiger partial charge in [-0.25, -0.2) is 4.68 Å². The van der Waals surface area contributed by atoms with Crippen molar-refractivity contribution >= 4 is 0 Å². The first-order chi connectivity index (χ1) is 7.72. The zero-order valence-corrected chi connectivity index (χ0v) is 9.77. The Morgan fingerprint density at radius 3 is 2.50 bits per heavy atom. The van der Waals surface area contributed by atoms with Gasteiger partial charge in [0.15, 0.2) is 0 Å². The second-order valence-corrected chi connectivity index (χ2v) is 4.04. The van der Waals surface area contributed by atoms with Crippen LogP contribution in [0.5, 0.6) is 0 Å². The van der Waals surface area contributed by atoms with Gasteiger partial charge in [0.1, 0.15) is 0 Å². The van der Waals surface area contributed by atoms with Crippen LogP contribution in [0.25, 0.3) is 5.69 Å². The van der Waals surface area contributed by atoms with E-state index >= 15 is 0 Å². The monoisotopic (exact) mass is 215 g/mol. The Bertz CT molecular complexity index is 468.